The van der Waals surface area contributed by atoms with Gasteiger partial charge in [-0.25, -0.2) is 8.78 Å². The minimum absolute atomic E-state index is 0.0847. The zero-order valence-electron chi connectivity index (χ0n) is 22.2. The average molecular weight is 568 g/mol. The first-order valence-electron chi connectivity index (χ1n) is 14.1. The van der Waals surface area contributed by atoms with E-state index in [-0.39, 0.29) is 30.7 Å². The van der Waals surface area contributed by atoms with E-state index >= 15 is 0 Å². The van der Waals surface area contributed by atoms with Gasteiger partial charge in [0.05, 0.1) is 6.54 Å². The maximum atomic E-state index is 14.5. The first-order chi connectivity index (χ1) is 19.4. The van der Waals surface area contributed by atoms with Crippen LogP contribution in [0, 0.1) is 0 Å². The fraction of sp³-hybridized carbons (Fsp3) is 0.467. The van der Waals surface area contributed by atoms with E-state index in [1.807, 2.05) is 36.5 Å². The highest BCUT2D eigenvalue weighted by Gasteiger charge is 2.57. The number of alkyl halides is 2. The molecule has 4 heterocycles. The summed E-state index contributed by atoms with van der Waals surface area (Å²) in [6, 6.07) is 11.2. The van der Waals surface area contributed by atoms with Gasteiger partial charge >= 0.3 is 0 Å². The number of rotatable bonds is 8. The summed E-state index contributed by atoms with van der Waals surface area (Å²) in [6.07, 6.45) is 10.3. The Morgan fingerprint density at radius 2 is 1.85 bits per heavy atom. The van der Waals surface area contributed by atoms with Gasteiger partial charge in [0, 0.05) is 60.2 Å². The standard InChI is InChI=1S/C30H32F3N5OS/c31-30(32)18-29(19-30,20-36-13-5-10-34-36)22-6-4-7-23(14-22)37-17-26(21-8-9-21)25-15-24(16-35-11-2-1-3-12-35)38(40-33)27(25)28(37)39/h4-7,10,13-15,17,21H,1-3,8-9,11-12,16,18-20H2. The Labute approximate surface area is 235 Å². The van der Waals surface area contributed by atoms with Crippen LogP contribution in [0.15, 0.2) is 59.8 Å². The molecule has 3 fully saturated rings. The maximum Gasteiger partial charge on any atom is 0.280 e. The summed E-state index contributed by atoms with van der Waals surface area (Å²) in [5, 5.41) is 5.08. The quantitative estimate of drug-likeness (QED) is 0.241. The summed E-state index contributed by atoms with van der Waals surface area (Å²) < 4.78 is 47.8. The van der Waals surface area contributed by atoms with Crippen LogP contribution in [0.3, 0.4) is 0 Å². The largest absolute Gasteiger partial charge is 0.298 e. The molecule has 4 aromatic rings. The molecule has 0 bridgehead atoms. The minimum Gasteiger partial charge on any atom is -0.298 e. The lowest BCUT2D eigenvalue weighted by atomic mass is 9.62. The fourth-order valence-corrected chi connectivity index (χ4v) is 7.28. The van der Waals surface area contributed by atoms with Crippen LogP contribution in [-0.2, 0) is 18.5 Å². The van der Waals surface area contributed by atoms with E-state index in [1.54, 1.807) is 27.7 Å². The number of benzene rings is 1. The highest BCUT2D eigenvalue weighted by molar-refractivity contribution is 7.93. The van der Waals surface area contributed by atoms with Crippen LogP contribution in [0.5, 0.6) is 0 Å². The number of pyridine rings is 1. The number of halogens is 3. The van der Waals surface area contributed by atoms with Crippen molar-refractivity contribution in [2.24, 2.45) is 0 Å². The lowest BCUT2D eigenvalue weighted by Gasteiger charge is -2.47. The van der Waals surface area contributed by atoms with Gasteiger partial charge in [0.1, 0.15) is 5.52 Å². The van der Waals surface area contributed by atoms with Gasteiger partial charge in [0.15, 0.2) is 12.3 Å². The SMILES string of the molecule is O=c1c2c(cc(CN3CCCCC3)n2SF)c(C2CC2)cn1-c1cccc(C2(Cn3cccn3)CC(F)(F)C2)c1. The van der Waals surface area contributed by atoms with E-state index in [0.717, 1.165) is 61.0 Å². The van der Waals surface area contributed by atoms with Gasteiger partial charge in [-0.1, -0.05) is 18.6 Å². The van der Waals surface area contributed by atoms with Crippen LogP contribution >= 0.6 is 12.3 Å². The number of hydrogen-bond donors (Lipinski definition) is 0. The topological polar surface area (TPSA) is 48.0 Å². The molecule has 0 N–H and O–H groups in total. The molecule has 0 atom stereocenters. The second-order valence-corrected chi connectivity index (χ2v) is 12.4. The van der Waals surface area contributed by atoms with Gasteiger partial charge in [0.2, 0.25) is 5.92 Å². The maximum absolute atomic E-state index is 14.5. The van der Waals surface area contributed by atoms with E-state index in [4.69, 9.17) is 0 Å². The highest BCUT2D eigenvalue weighted by Crippen LogP contribution is 2.54. The summed E-state index contributed by atoms with van der Waals surface area (Å²) in [7, 11) is 0. The van der Waals surface area contributed by atoms with Gasteiger partial charge in [-0.05, 0) is 80.1 Å². The summed E-state index contributed by atoms with van der Waals surface area (Å²) in [4.78, 5) is 16.4. The van der Waals surface area contributed by atoms with Gasteiger partial charge < -0.3 is 0 Å². The molecule has 3 aliphatic rings. The molecule has 7 rings (SSSR count). The second kappa shape index (κ2) is 9.83. The summed E-state index contributed by atoms with van der Waals surface area (Å²) in [5.41, 5.74) is 2.49. The van der Waals surface area contributed by atoms with Crippen molar-refractivity contribution >= 4 is 23.2 Å². The van der Waals surface area contributed by atoms with Crippen molar-refractivity contribution in [2.75, 3.05) is 13.1 Å². The molecule has 1 aliphatic heterocycles. The summed E-state index contributed by atoms with van der Waals surface area (Å²) in [6.45, 7) is 2.89. The van der Waals surface area contributed by atoms with E-state index in [2.05, 4.69) is 10.00 Å². The molecular weight excluding hydrogens is 535 g/mol. The minimum atomic E-state index is -2.73. The van der Waals surface area contributed by atoms with Crippen molar-refractivity contribution in [3.63, 3.8) is 0 Å². The van der Waals surface area contributed by atoms with Crippen LogP contribution < -0.4 is 5.56 Å². The number of likely N-dealkylation sites (tertiary alicyclic amines) is 1. The van der Waals surface area contributed by atoms with Crippen molar-refractivity contribution < 1.29 is 12.7 Å². The van der Waals surface area contributed by atoms with Gasteiger partial charge in [-0.15, -0.1) is 3.89 Å². The van der Waals surface area contributed by atoms with Gasteiger partial charge in [0.25, 0.3) is 5.56 Å². The van der Waals surface area contributed by atoms with Crippen LogP contribution in [0.4, 0.5) is 12.7 Å². The molecule has 0 radical (unpaired) electrons. The number of aromatic nitrogens is 4. The Morgan fingerprint density at radius 3 is 2.52 bits per heavy atom. The lowest BCUT2D eigenvalue weighted by molar-refractivity contribution is -0.132. The molecule has 2 aliphatic carbocycles. The monoisotopic (exact) mass is 567 g/mol. The number of fused-ring (bicyclic) bond motifs is 1. The third-order valence-electron chi connectivity index (χ3n) is 8.91. The molecule has 1 aromatic carbocycles. The molecule has 0 unspecified atom stereocenters. The molecule has 1 saturated heterocycles. The summed E-state index contributed by atoms with van der Waals surface area (Å²) >= 11 is 0.0847. The van der Waals surface area contributed by atoms with Crippen LogP contribution in [0.25, 0.3) is 16.6 Å². The lowest BCUT2D eigenvalue weighted by Crippen LogP contribution is -2.52. The predicted molar refractivity (Wildman–Crippen MR) is 151 cm³/mol. The number of hydrogen-bond acceptors (Lipinski definition) is 4. The highest BCUT2D eigenvalue weighted by atomic mass is 32.2. The Balaban J connectivity index is 1.33. The van der Waals surface area contributed by atoms with Gasteiger partial charge in [-0.2, -0.15) is 5.10 Å². The summed E-state index contributed by atoms with van der Waals surface area (Å²) in [5.74, 6) is -2.40. The smallest absolute Gasteiger partial charge is 0.280 e. The first-order valence-corrected chi connectivity index (χ1v) is 14.8. The molecular formula is C30H32F3N5OS. The Kier molecular flexibility index (Phi) is 6.38. The molecule has 40 heavy (non-hydrogen) atoms. The molecule has 6 nitrogen and oxygen atoms in total. The van der Waals surface area contributed by atoms with Crippen molar-refractivity contribution in [3.8, 4) is 5.69 Å². The predicted octanol–water partition coefficient (Wildman–Crippen LogP) is 6.60. The van der Waals surface area contributed by atoms with Crippen molar-refractivity contribution in [1.29, 1.82) is 0 Å². The Bertz CT molecular complexity index is 1590. The van der Waals surface area contributed by atoms with Crippen LogP contribution in [-0.4, -0.2) is 42.2 Å². The fourth-order valence-electron chi connectivity index (χ4n) is 6.83. The van der Waals surface area contributed by atoms with Crippen molar-refractivity contribution in [2.45, 2.75) is 75.3 Å². The molecule has 210 valence electrons. The van der Waals surface area contributed by atoms with E-state index in [1.165, 1.54) is 10.4 Å². The van der Waals surface area contributed by atoms with E-state index in [9.17, 15) is 17.5 Å². The zero-order valence-corrected chi connectivity index (χ0v) is 23.1. The van der Waals surface area contributed by atoms with Crippen LogP contribution in [0.2, 0.25) is 0 Å². The normalized spacial score (nSPS) is 20.6. The molecule has 10 heteroatoms. The Hall–Kier alpha value is -2.98. The second-order valence-electron chi connectivity index (χ2n) is 11.9. The molecule has 0 spiro atoms. The molecule has 3 aromatic heterocycles. The molecule has 2 saturated carbocycles. The van der Waals surface area contributed by atoms with E-state index < -0.39 is 11.3 Å². The van der Waals surface area contributed by atoms with E-state index in [0.29, 0.717) is 30.2 Å². The first kappa shape index (κ1) is 26.0. The average Bonchev–Trinajstić information content (AvgIpc) is 3.52. The Morgan fingerprint density at radius 1 is 1.05 bits per heavy atom. The van der Waals surface area contributed by atoms with Crippen molar-refractivity contribution in [1.82, 2.24) is 23.2 Å². The number of nitrogens with zero attached hydrogens (tertiary/aromatic N) is 5. The zero-order chi connectivity index (χ0) is 27.5. The van der Waals surface area contributed by atoms with Crippen molar-refractivity contribution in [3.05, 3.63) is 82.2 Å². The van der Waals surface area contributed by atoms with Gasteiger partial charge in [-0.3, -0.25) is 22.9 Å². The third-order valence-corrected chi connectivity index (χ3v) is 9.46. The number of piperidine rings is 1. The van der Waals surface area contributed by atoms with Crippen LogP contribution in [0.1, 0.15) is 67.7 Å². The molecule has 0 amide bonds. The third kappa shape index (κ3) is 4.59.